The molecule has 6 nitrogen and oxygen atoms in total. The first-order valence-electron chi connectivity index (χ1n) is 8.15. The van der Waals surface area contributed by atoms with Gasteiger partial charge in [0.2, 0.25) is 0 Å². The molecule has 0 unspecified atom stereocenters. The fourth-order valence-electron chi connectivity index (χ4n) is 2.70. The van der Waals surface area contributed by atoms with E-state index in [1.165, 1.54) is 6.92 Å². The zero-order valence-electron chi connectivity index (χ0n) is 13.8. The minimum absolute atomic E-state index is 0.273. The van der Waals surface area contributed by atoms with E-state index >= 15 is 0 Å². The standard InChI is InChI=1S/C18H22N2O4/c1-14(17(22)20-18(13-19)10-6-3-7-11-18)24-16(21)12-23-15-8-4-2-5-9-15/h2,4-5,8-9,14H,3,6-7,10-12H2,1H3,(H,20,22)/t14-/m1/s1. The van der Waals surface area contributed by atoms with Crippen molar-refractivity contribution < 1.29 is 19.1 Å². The summed E-state index contributed by atoms with van der Waals surface area (Å²) in [6, 6.07) is 11.1. The first-order chi connectivity index (χ1) is 11.5. The van der Waals surface area contributed by atoms with E-state index in [4.69, 9.17) is 9.47 Å². The molecule has 0 aliphatic heterocycles. The molecule has 1 aromatic carbocycles. The molecule has 0 radical (unpaired) electrons. The summed E-state index contributed by atoms with van der Waals surface area (Å²) in [6.45, 7) is 1.22. The summed E-state index contributed by atoms with van der Waals surface area (Å²) in [5.74, 6) is -0.528. The van der Waals surface area contributed by atoms with Crippen LogP contribution in [0.15, 0.2) is 30.3 Å². The van der Waals surface area contributed by atoms with Crippen molar-refractivity contribution in [2.24, 2.45) is 0 Å². The van der Waals surface area contributed by atoms with Gasteiger partial charge in [0.05, 0.1) is 6.07 Å². The Bertz CT molecular complexity index is 603. The summed E-state index contributed by atoms with van der Waals surface area (Å²) in [4.78, 5) is 24.0. The number of amides is 1. The van der Waals surface area contributed by atoms with Gasteiger partial charge in [-0.2, -0.15) is 5.26 Å². The van der Waals surface area contributed by atoms with Gasteiger partial charge in [-0.3, -0.25) is 4.79 Å². The van der Waals surface area contributed by atoms with Crippen molar-refractivity contribution >= 4 is 11.9 Å². The third-order valence-electron chi connectivity index (χ3n) is 4.06. The van der Waals surface area contributed by atoms with Gasteiger partial charge >= 0.3 is 5.97 Å². The molecular weight excluding hydrogens is 308 g/mol. The summed E-state index contributed by atoms with van der Waals surface area (Å²) in [5, 5.41) is 12.1. The highest BCUT2D eigenvalue weighted by Crippen LogP contribution is 2.27. The lowest BCUT2D eigenvalue weighted by molar-refractivity contribution is -0.157. The molecule has 2 rings (SSSR count). The largest absolute Gasteiger partial charge is 0.482 e. The van der Waals surface area contributed by atoms with Crippen LogP contribution in [0.1, 0.15) is 39.0 Å². The van der Waals surface area contributed by atoms with Gasteiger partial charge < -0.3 is 14.8 Å². The van der Waals surface area contributed by atoms with Crippen LogP contribution in [0, 0.1) is 11.3 Å². The van der Waals surface area contributed by atoms with Crippen LogP contribution in [0.4, 0.5) is 0 Å². The number of nitrogens with one attached hydrogen (secondary N) is 1. The number of carbonyl (C=O) groups is 2. The molecule has 1 N–H and O–H groups in total. The molecule has 1 fully saturated rings. The van der Waals surface area contributed by atoms with Crippen LogP contribution >= 0.6 is 0 Å². The van der Waals surface area contributed by atoms with Gasteiger partial charge in [0, 0.05) is 0 Å². The summed E-state index contributed by atoms with van der Waals surface area (Å²) in [6.07, 6.45) is 3.18. The zero-order valence-corrected chi connectivity index (χ0v) is 13.8. The lowest BCUT2D eigenvalue weighted by atomic mass is 9.83. The van der Waals surface area contributed by atoms with E-state index in [0.717, 1.165) is 19.3 Å². The van der Waals surface area contributed by atoms with Crippen LogP contribution in [0.3, 0.4) is 0 Å². The summed E-state index contributed by atoms with van der Waals surface area (Å²) in [7, 11) is 0. The molecule has 6 heteroatoms. The molecule has 1 saturated carbocycles. The predicted octanol–water partition coefficient (Wildman–Crippen LogP) is 2.34. The lowest BCUT2D eigenvalue weighted by Crippen LogP contribution is -2.52. The number of benzene rings is 1. The Kier molecular flexibility index (Phi) is 6.19. The number of esters is 1. The van der Waals surface area contributed by atoms with Gasteiger partial charge in [0.15, 0.2) is 12.7 Å². The Morgan fingerprint density at radius 1 is 1.25 bits per heavy atom. The van der Waals surface area contributed by atoms with E-state index in [1.54, 1.807) is 24.3 Å². The first-order valence-corrected chi connectivity index (χ1v) is 8.15. The van der Waals surface area contributed by atoms with Crippen LogP contribution in [0.25, 0.3) is 0 Å². The highest BCUT2D eigenvalue weighted by atomic mass is 16.6. The monoisotopic (exact) mass is 330 g/mol. The van der Waals surface area contributed by atoms with Gasteiger partial charge in [-0.1, -0.05) is 37.5 Å². The van der Waals surface area contributed by atoms with Crippen molar-refractivity contribution in [3.63, 3.8) is 0 Å². The van der Waals surface area contributed by atoms with E-state index < -0.39 is 23.5 Å². The molecule has 1 atom stereocenters. The quantitative estimate of drug-likeness (QED) is 0.809. The fraction of sp³-hybridized carbons (Fsp3) is 0.500. The van der Waals surface area contributed by atoms with Crippen molar-refractivity contribution in [2.45, 2.75) is 50.7 Å². The number of hydrogen-bond donors (Lipinski definition) is 1. The summed E-state index contributed by atoms with van der Waals surface area (Å²) >= 11 is 0. The average molecular weight is 330 g/mol. The molecule has 128 valence electrons. The second-order valence-corrected chi connectivity index (χ2v) is 5.98. The Morgan fingerprint density at radius 3 is 2.54 bits per heavy atom. The minimum Gasteiger partial charge on any atom is -0.482 e. The van der Waals surface area contributed by atoms with Crippen molar-refractivity contribution in [1.82, 2.24) is 5.32 Å². The molecule has 0 aromatic heterocycles. The highest BCUT2D eigenvalue weighted by molar-refractivity contribution is 5.84. The molecule has 1 aliphatic carbocycles. The van der Waals surface area contributed by atoms with Crippen LogP contribution in [-0.2, 0) is 14.3 Å². The molecule has 0 saturated heterocycles. The van der Waals surface area contributed by atoms with E-state index in [9.17, 15) is 14.9 Å². The predicted molar refractivity (Wildman–Crippen MR) is 87.1 cm³/mol. The maximum Gasteiger partial charge on any atom is 0.344 e. The Morgan fingerprint density at radius 2 is 1.92 bits per heavy atom. The third-order valence-corrected chi connectivity index (χ3v) is 4.06. The van der Waals surface area contributed by atoms with Crippen molar-refractivity contribution in [3.05, 3.63) is 30.3 Å². The second kappa shape index (κ2) is 8.34. The van der Waals surface area contributed by atoms with E-state index in [0.29, 0.717) is 18.6 Å². The van der Waals surface area contributed by atoms with Gasteiger partial charge in [-0.15, -0.1) is 0 Å². The van der Waals surface area contributed by atoms with E-state index in [-0.39, 0.29) is 6.61 Å². The van der Waals surface area contributed by atoms with Crippen LogP contribution in [0.5, 0.6) is 5.75 Å². The Labute approximate surface area is 141 Å². The smallest absolute Gasteiger partial charge is 0.344 e. The molecular formula is C18H22N2O4. The van der Waals surface area contributed by atoms with Crippen molar-refractivity contribution in [2.75, 3.05) is 6.61 Å². The fourth-order valence-corrected chi connectivity index (χ4v) is 2.70. The SMILES string of the molecule is C[C@@H](OC(=O)COc1ccccc1)C(=O)NC1(C#N)CCCCC1. The lowest BCUT2D eigenvalue weighted by Gasteiger charge is -2.32. The zero-order chi connectivity index (χ0) is 17.4. The molecule has 0 bridgehead atoms. The molecule has 24 heavy (non-hydrogen) atoms. The second-order valence-electron chi connectivity index (χ2n) is 5.98. The molecule has 1 amide bonds. The van der Waals surface area contributed by atoms with Crippen LogP contribution in [-0.4, -0.2) is 30.1 Å². The highest BCUT2D eigenvalue weighted by Gasteiger charge is 2.35. The van der Waals surface area contributed by atoms with E-state index in [1.807, 2.05) is 6.07 Å². The Balaban J connectivity index is 1.80. The number of carbonyl (C=O) groups excluding carboxylic acids is 2. The maximum absolute atomic E-state index is 12.2. The number of nitriles is 1. The van der Waals surface area contributed by atoms with Crippen LogP contribution in [0.2, 0.25) is 0 Å². The van der Waals surface area contributed by atoms with Gasteiger partial charge in [-0.25, -0.2) is 4.79 Å². The number of hydrogen-bond acceptors (Lipinski definition) is 5. The minimum atomic E-state index is -0.968. The molecule has 0 spiro atoms. The number of nitrogens with zero attached hydrogens (tertiary/aromatic N) is 1. The normalized spacial score (nSPS) is 17.2. The molecule has 1 aromatic rings. The third kappa shape index (κ3) is 4.98. The number of para-hydroxylation sites is 1. The number of ether oxygens (including phenoxy) is 2. The van der Waals surface area contributed by atoms with Crippen LogP contribution < -0.4 is 10.1 Å². The topological polar surface area (TPSA) is 88.4 Å². The Hall–Kier alpha value is -2.55. The first kappa shape index (κ1) is 17.8. The van der Waals surface area contributed by atoms with Gasteiger partial charge in [-0.05, 0) is 31.9 Å². The number of rotatable bonds is 6. The van der Waals surface area contributed by atoms with Gasteiger partial charge in [0.25, 0.3) is 5.91 Å². The average Bonchev–Trinajstić information content (AvgIpc) is 2.61. The van der Waals surface area contributed by atoms with Gasteiger partial charge in [0.1, 0.15) is 11.3 Å². The summed E-state index contributed by atoms with van der Waals surface area (Å²) in [5.41, 5.74) is -0.837. The molecule has 1 aliphatic rings. The van der Waals surface area contributed by atoms with Crippen molar-refractivity contribution in [3.8, 4) is 11.8 Å². The van der Waals surface area contributed by atoms with E-state index in [2.05, 4.69) is 11.4 Å². The van der Waals surface area contributed by atoms with Crippen molar-refractivity contribution in [1.29, 1.82) is 5.26 Å². The summed E-state index contributed by atoms with van der Waals surface area (Å²) < 4.78 is 10.4. The maximum atomic E-state index is 12.2. The molecule has 0 heterocycles.